The number of aromatic nitrogens is 6. The summed E-state index contributed by atoms with van der Waals surface area (Å²) in [4.78, 5) is 12.7. The van der Waals surface area contributed by atoms with Crippen molar-refractivity contribution in [2.24, 2.45) is 0 Å². The molecule has 0 aliphatic heterocycles. The molecule has 2 aromatic heterocycles. The van der Waals surface area contributed by atoms with Crippen LogP contribution < -0.4 is 10.1 Å². The van der Waals surface area contributed by atoms with E-state index < -0.39 is 0 Å². The summed E-state index contributed by atoms with van der Waals surface area (Å²) in [6, 6.07) is 13.7. The van der Waals surface area contributed by atoms with Crippen molar-refractivity contribution < 1.29 is 9.53 Å². The molecule has 4 rings (SSSR count). The lowest BCUT2D eigenvalue weighted by Gasteiger charge is -2.12. The molecule has 170 valence electrons. The van der Waals surface area contributed by atoms with Crippen molar-refractivity contribution in [1.29, 1.82) is 0 Å². The topological polar surface area (TPSA) is 99.8 Å². The SMILES string of the molecule is COc1ccc(Cn2nccc2NC(=O)CCc2nnnn2-c2c(C)cc(C)cc2C)cc1. The number of ether oxygens (including phenoxy) is 1. The molecule has 2 heterocycles. The summed E-state index contributed by atoms with van der Waals surface area (Å²) >= 11 is 0. The molecule has 0 atom stereocenters. The van der Waals surface area contributed by atoms with Crippen molar-refractivity contribution in [3.63, 3.8) is 0 Å². The van der Waals surface area contributed by atoms with Crippen LogP contribution in [-0.2, 0) is 17.8 Å². The highest BCUT2D eigenvalue weighted by Gasteiger charge is 2.15. The molecule has 0 bridgehead atoms. The number of amides is 1. The van der Waals surface area contributed by atoms with Gasteiger partial charge in [0, 0.05) is 18.9 Å². The van der Waals surface area contributed by atoms with Crippen LogP contribution in [0.5, 0.6) is 5.75 Å². The smallest absolute Gasteiger partial charge is 0.225 e. The van der Waals surface area contributed by atoms with Gasteiger partial charge in [-0.2, -0.15) is 9.78 Å². The number of carbonyl (C=O) groups excluding carboxylic acids is 1. The van der Waals surface area contributed by atoms with Gasteiger partial charge in [0.2, 0.25) is 5.91 Å². The molecule has 9 heteroatoms. The first kappa shape index (κ1) is 22.2. The maximum Gasteiger partial charge on any atom is 0.225 e. The molecule has 1 N–H and O–H groups in total. The second kappa shape index (κ2) is 9.64. The molecule has 1 amide bonds. The molecule has 9 nitrogen and oxygen atoms in total. The van der Waals surface area contributed by atoms with Crippen molar-refractivity contribution in [2.75, 3.05) is 12.4 Å². The number of hydrogen-bond donors (Lipinski definition) is 1. The molecule has 0 spiro atoms. The van der Waals surface area contributed by atoms with E-state index in [-0.39, 0.29) is 12.3 Å². The fraction of sp³-hybridized carbons (Fsp3) is 0.292. The molecule has 4 aromatic rings. The number of benzene rings is 2. The fourth-order valence-corrected chi connectivity index (χ4v) is 3.94. The number of nitrogens with zero attached hydrogens (tertiary/aromatic N) is 6. The summed E-state index contributed by atoms with van der Waals surface area (Å²) in [6.07, 6.45) is 2.33. The number of hydrogen-bond acceptors (Lipinski definition) is 6. The van der Waals surface area contributed by atoms with Crippen LogP contribution in [0.25, 0.3) is 5.69 Å². The lowest BCUT2D eigenvalue weighted by molar-refractivity contribution is -0.116. The summed E-state index contributed by atoms with van der Waals surface area (Å²) in [5, 5.41) is 19.4. The van der Waals surface area contributed by atoms with Crippen LogP contribution in [0.3, 0.4) is 0 Å². The Kier molecular flexibility index (Phi) is 6.48. The van der Waals surface area contributed by atoms with E-state index in [1.807, 2.05) is 38.1 Å². The average Bonchev–Trinajstić information content (AvgIpc) is 3.42. The van der Waals surface area contributed by atoms with E-state index in [0.29, 0.717) is 24.6 Å². The van der Waals surface area contributed by atoms with Gasteiger partial charge in [-0.05, 0) is 60.0 Å². The van der Waals surface area contributed by atoms with Gasteiger partial charge in [-0.3, -0.25) is 4.79 Å². The van der Waals surface area contributed by atoms with Gasteiger partial charge in [0.15, 0.2) is 5.82 Å². The Hall–Kier alpha value is -4.01. The zero-order chi connectivity index (χ0) is 23.4. The monoisotopic (exact) mass is 445 g/mol. The Morgan fingerprint density at radius 2 is 1.79 bits per heavy atom. The third-order valence-corrected chi connectivity index (χ3v) is 5.43. The Bertz CT molecular complexity index is 1240. The third kappa shape index (κ3) is 5.08. The van der Waals surface area contributed by atoms with Gasteiger partial charge >= 0.3 is 0 Å². The van der Waals surface area contributed by atoms with Crippen molar-refractivity contribution in [3.8, 4) is 11.4 Å². The minimum atomic E-state index is -0.126. The summed E-state index contributed by atoms with van der Waals surface area (Å²) in [6.45, 7) is 6.68. The van der Waals surface area contributed by atoms with Gasteiger partial charge < -0.3 is 10.1 Å². The molecule has 0 aliphatic carbocycles. The van der Waals surface area contributed by atoms with Gasteiger partial charge in [-0.1, -0.05) is 29.8 Å². The predicted molar refractivity (Wildman–Crippen MR) is 125 cm³/mol. The average molecular weight is 446 g/mol. The number of nitrogens with one attached hydrogen (secondary N) is 1. The van der Waals surface area contributed by atoms with E-state index in [2.05, 4.69) is 45.0 Å². The normalized spacial score (nSPS) is 10.9. The minimum absolute atomic E-state index is 0.126. The standard InChI is InChI=1S/C24H27N7O2/c1-16-13-17(2)24(18(3)14-16)31-22(27-28-29-31)9-10-23(32)26-21-11-12-25-30(21)15-19-5-7-20(33-4)8-6-19/h5-8,11-14H,9-10,15H2,1-4H3,(H,26,32). The zero-order valence-corrected chi connectivity index (χ0v) is 19.2. The first-order valence-corrected chi connectivity index (χ1v) is 10.7. The van der Waals surface area contributed by atoms with Gasteiger partial charge in [-0.15, -0.1) is 5.10 Å². The van der Waals surface area contributed by atoms with Crippen molar-refractivity contribution in [2.45, 2.75) is 40.2 Å². The summed E-state index contributed by atoms with van der Waals surface area (Å²) < 4.78 is 8.68. The lowest BCUT2D eigenvalue weighted by atomic mass is 10.1. The fourth-order valence-electron chi connectivity index (χ4n) is 3.94. The quantitative estimate of drug-likeness (QED) is 0.446. The van der Waals surface area contributed by atoms with E-state index in [1.54, 1.807) is 28.7 Å². The molecule has 0 saturated heterocycles. The molecule has 0 radical (unpaired) electrons. The number of rotatable bonds is 8. The highest BCUT2D eigenvalue weighted by Crippen LogP contribution is 2.21. The lowest BCUT2D eigenvalue weighted by Crippen LogP contribution is -2.17. The highest BCUT2D eigenvalue weighted by atomic mass is 16.5. The second-order valence-electron chi connectivity index (χ2n) is 8.02. The van der Waals surface area contributed by atoms with Crippen LogP contribution >= 0.6 is 0 Å². The second-order valence-corrected chi connectivity index (χ2v) is 8.02. The number of carbonyl (C=O) groups is 1. The highest BCUT2D eigenvalue weighted by molar-refractivity contribution is 5.89. The van der Waals surface area contributed by atoms with Crippen molar-refractivity contribution in [1.82, 2.24) is 30.0 Å². The van der Waals surface area contributed by atoms with Crippen LogP contribution in [0.4, 0.5) is 5.82 Å². The Labute approximate surface area is 192 Å². The number of tetrazole rings is 1. The van der Waals surface area contributed by atoms with Crippen LogP contribution in [0.1, 0.15) is 34.5 Å². The zero-order valence-electron chi connectivity index (χ0n) is 19.2. The summed E-state index contributed by atoms with van der Waals surface area (Å²) in [5.41, 5.74) is 5.38. The predicted octanol–water partition coefficient (Wildman–Crippen LogP) is 3.41. The third-order valence-electron chi connectivity index (χ3n) is 5.43. The first-order valence-electron chi connectivity index (χ1n) is 10.7. The van der Waals surface area contributed by atoms with Gasteiger partial charge in [0.1, 0.15) is 11.6 Å². The molecule has 0 unspecified atom stereocenters. The Morgan fingerprint density at radius 3 is 2.48 bits per heavy atom. The first-order chi connectivity index (χ1) is 15.9. The van der Waals surface area contributed by atoms with E-state index in [9.17, 15) is 4.79 Å². The molecule has 0 aliphatic rings. The molecular weight excluding hydrogens is 418 g/mol. The maximum atomic E-state index is 12.7. The van der Waals surface area contributed by atoms with Crippen molar-refractivity contribution >= 4 is 11.7 Å². The van der Waals surface area contributed by atoms with Crippen LogP contribution in [0.15, 0.2) is 48.7 Å². The van der Waals surface area contributed by atoms with E-state index in [4.69, 9.17) is 4.74 Å². The van der Waals surface area contributed by atoms with Crippen molar-refractivity contribution in [3.05, 3.63) is 76.7 Å². The molecule has 0 fully saturated rings. The number of anilines is 1. The number of methoxy groups -OCH3 is 1. The van der Waals surface area contributed by atoms with Crippen LogP contribution in [0.2, 0.25) is 0 Å². The Morgan fingerprint density at radius 1 is 1.06 bits per heavy atom. The largest absolute Gasteiger partial charge is 0.497 e. The minimum Gasteiger partial charge on any atom is -0.497 e. The molecule has 33 heavy (non-hydrogen) atoms. The van der Waals surface area contributed by atoms with E-state index in [1.165, 1.54) is 5.56 Å². The van der Waals surface area contributed by atoms with Crippen LogP contribution in [-0.4, -0.2) is 43.0 Å². The van der Waals surface area contributed by atoms with Gasteiger partial charge in [-0.25, -0.2) is 4.68 Å². The summed E-state index contributed by atoms with van der Waals surface area (Å²) in [7, 11) is 1.64. The van der Waals surface area contributed by atoms with Crippen LogP contribution in [0, 0.1) is 20.8 Å². The van der Waals surface area contributed by atoms with E-state index in [0.717, 1.165) is 28.1 Å². The Balaban J connectivity index is 1.41. The molecule has 0 saturated carbocycles. The summed E-state index contributed by atoms with van der Waals surface area (Å²) in [5.74, 6) is 1.96. The van der Waals surface area contributed by atoms with Gasteiger partial charge in [0.25, 0.3) is 0 Å². The van der Waals surface area contributed by atoms with Gasteiger partial charge in [0.05, 0.1) is 25.5 Å². The molecule has 2 aromatic carbocycles. The maximum absolute atomic E-state index is 12.7. The number of aryl methyl sites for hydroxylation is 4. The molecular formula is C24H27N7O2. The van der Waals surface area contributed by atoms with E-state index >= 15 is 0 Å².